The van der Waals surface area contributed by atoms with Crippen LogP contribution in [-0.2, 0) is 28.7 Å². The van der Waals surface area contributed by atoms with E-state index in [1.807, 2.05) is 26.8 Å². The van der Waals surface area contributed by atoms with Gasteiger partial charge < -0.3 is 20.3 Å². The number of amides is 1. The number of ether oxygens (including phenoxy) is 1. The van der Waals surface area contributed by atoms with Crippen LogP contribution in [0.2, 0.25) is 0 Å². The summed E-state index contributed by atoms with van der Waals surface area (Å²) in [7, 11) is 0. The summed E-state index contributed by atoms with van der Waals surface area (Å²) < 4.78 is 5.19. The van der Waals surface area contributed by atoms with Crippen LogP contribution in [-0.4, -0.2) is 57.9 Å². The van der Waals surface area contributed by atoms with Gasteiger partial charge >= 0.3 is 11.9 Å². The molecule has 4 unspecified atom stereocenters. The molecule has 0 radical (unpaired) electrons. The Labute approximate surface area is 236 Å². The van der Waals surface area contributed by atoms with Crippen molar-refractivity contribution >= 4 is 29.4 Å². The first-order valence-corrected chi connectivity index (χ1v) is 14.9. The van der Waals surface area contributed by atoms with E-state index in [0.717, 1.165) is 32.1 Å². The molecule has 4 aliphatic carbocycles. The molecule has 4 aliphatic rings. The summed E-state index contributed by atoms with van der Waals surface area (Å²) in [5, 5.41) is 23.5. The van der Waals surface area contributed by atoms with Gasteiger partial charge in [-0.15, -0.1) is 0 Å². The lowest BCUT2D eigenvalue weighted by atomic mass is 9.46. The molecule has 0 bridgehead atoms. The SMILES string of the molecule is CC(C)CC(NC(=O)CCC(=O)OCC(=O)[C@@]1(O)CCC2C3CCC4=CC(=O)CC[C@]4(C)C3CC[C@@]21C)C(=O)O. The first-order chi connectivity index (χ1) is 18.7. The number of ketones is 2. The normalized spacial score (nSPS) is 35.6. The van der Waals surface area contributed by atoms with Crippen molar-refractivity contribution in [2.75, 3.05) is 6.61 Å². The van der Waals surface area contributed by atoms with Gasteiger partial charge in [0, 0.05) is 18.3 Å². The second kappa shape index (κ2) is 11.4. The van der Waals surface area contributed by atoms with E-state index in [4.69, 9.17) is 4.74 Å². The van der Waals surface area contributed by atoms with E-state index in [1.165, 1.54) is 5.57 Å². The van der Waals surface area contributed by atoms with Crippen LogP contribution in [0.25, 0.3) is 0 Å². The quantitative estimate of drug-likeness (QED) is 0.343. The number of carbonyl (C=O) groups is 5. The number of nitrogens with one attached hydrogen (secondary N) is 1. The number of carboxylic acid groups (broad SMARTS) is 1. The van der Waals surface area contributed by atoms with Crippen molar-refractivity contribution < 1.29 is 38.9 Å². The van der Waals surface area contributed by atoms with Gasteiger partial charge in [-0.25, -0.2) is 4.79 Å². The molecule has 0 aromatic rings. The largest absolute Gasteiger partial charge is 0.480 e. The standard InChI is InChI=1S/C31H45NO8/c1-18(2)15-24(28(37)38)32-26(35)7-8-27(36)40-17-25(34)31(39)14-11-23-21-6-5-19-16-20(33)9-12-29(19,3)22(21)10-13-30(23,31)4/h16,18,21-24,39H,5-15,17H2,1-4H3,(H,32,35)(H,37,38)/t21?,22?,23?,24?,29-,30-,31-/m0/s1. The van der Waals surface area contributed by atoms with Gasteiger partial charge in [-0.3, -0.25) is 19.2 Å². The third kappa shape index (κ3) is 5.50. The van der Waals surface area contributed by atoms with Gasteiger partial charge in [0.1, 0.15) is 11.6 Å². The maximum atomic E-state index is 13.4. The number of esters is 1. The molecule has 3 saturated carbocycles. The molecule has 7 atom stereocenters. The Morgan fingerprint density at radius 3 is 2.40 bits per heavy atom. The minimum atomic E-state index is -1.58. The van der Waals surface area contributed by atoms with Crippen molar-refractivity contribution in [1.82, 2.24) is 5.32 Å². The van der Waals surface area contributed by atoms with Crippen LogP contribution in [0.5, 0.6) is 0 Å². The number of rotatable bonds is 10. The van der Waals surface area contributed by atoms with E-state index in [0.29, 0.717) is 31.1 Å². The lowest BCUT2D eigenvalue weighted by Crippen LogP contribution is -2.58. The Morgan fingerprint density at radius 1 is 1.02 bits per heavy atom. The number of Topliss-reactive ketones (excluding diaryl/α,β-unsaturated/α-hetero) is 1. The number of carbonyl (C=O) groups excluding carboxylic acids is 4. The third-order valence-electron chi connectivity index (χ3n) is 10.8. The predicted molar refractivity (Wildman–Crippen MR) is 146 cm³/mol. The molecule has 222 valence electrons. The van der Waals surface area contributed by atoms with Gasteiger partial charge in [-0.1, -0.05) is 33.3 Å². The molecule has 4 rings (SSSR count). The average molecular weight is 560 g/mol. The van der Waals surface area contributed by atoms with E-state index in [1.54, 1.807) is 0 Å². The number of hydrogen-bond donors (Lipinski definition) is 3. The molecule has 40 heavy (non-hydrogen) atoms. The van der Waals surface area contributed by atoms with Crippen molar-refractivity contribution in [2.45, 2.75) is 110 Å². The second-order valence-electron chi connectivity index (χ2n) is 13.5. The Morgan fingerprint density at radius 2 is 1.73 bits per heavy atom. The summed E-state index contributed by atoms with van der Waals surface area (Å²) in [5.41, 5.74) is -0.908. The minimum Gasteiger partial charge on any atom is -0.480 e. The van der Waals surface area contributed by atoms with Gasteiger partial charge in [0.05, 0.1) is 6.42 Å². The highest BCUT2D eigenvalue weighted by Gasteiger charge is 2.66. The van der Waals surface area contributed by atoms with Crippen molar-refractivity contribution in [3.05, 3.63) is 11.6 Å². The van der Waals surface area contributed by atoms with Crippen LogP contribution >= 0.6 is 0 Å². The number of carboxylic acids is 1. The monoisotopic (exact) mass is 559 g/mol. The van der Waals surface area contributed by atoms with Gasteiger partial charge in [-0.05, 0) is 86.5 Å². The number of aliphatic hydroxyl groups is 1. The number of hydrogen-bond acceptors (Lipinski definition) is 7. The summed E-state index contributed by atoms with van der Waals surface area (Å²) >= 11 is 0. The molecule has 0 saturated heterocycles. The van der Waals surface area contributed by atoms with Crippen LogP contribution in [0.1, 0.15) is 98.3 Å². The Kier molecular flexibility index (Phi) is 8.65. The van der Waals surface area contributed by atoms with Crippen molar-refractivity contribution in [1.29, 1.82) is 0 Å². The van der Waals surface area contributed by atoms with Crippen LogP contribution in [0.15, 0.2) is 11.6 Å². The maximum Gasteiger partial charge on any atom is 0.326 e. The van der Waals surface area contributed by atoms with Crippen LogP contribution in [0, 0.1) is 34.5 Å². The smallest absolute Gasteiger partial charge is 0.326 e. The summed E-state index contributed by atoms with van der Waals surface area (Å²) in [6, 6.07) is -1.03. The van der Waals surface area contributed by atoms with Crippen LogP contribution < -0.4 is 5.32 Å². The van der Waals surface area contributed by atoms with Crippen molar-refractivity contribution in [3.63, 3.8) is 0 Å². The fourth-order valence-electron chi connectivity index (χ4n) is 8.55. The lowest BCUT2D eigenvalue weighted by Gasteiger charge is -2.58. The summed E-state index contributed by atoms with van der Waals surface area (Å²) in [5.74, 6) is -1.65. The molecule has 0 aliphatic heterocycles. The van der Waals surface area contributed by atoms with Gasteiger partial charge in [-0.2, -0.15) is 0 Å². The van der Waals surface area contributed by atoms with Gasteiger partial charge in [0.15, 0.2) is 12.4 Å². The highest BCUT2D eigenvalue weighted by atomic mass is 16.5. The van der Waals surface area contributed by atoms with Crippen molar-refractivity contribution in [3.8, 4) is 0 Å². The fraction of sp³-hybridized carbons (Fsp3) is 0.774. The van der Waals surface area contributed by atoms with Gasteiger partial charge in [0.2, 0.25) is 11.7 Å². The van der Waals surface area contributed by atoms with Gasteiger partial charge in [0.25, 0.3) is 0 Å². The molecule has 1 amide bonds. The Hall–Kier alpha value is -2.55. The second-order valence-corrected chi connectivity index (χ2v) is 13.5. The van der Waals surface area contributed by atoms with Crippen molar-refractivity contribution in [2.24, 2.45) is 34.5 Å². The van der Waals surface area contributed by atoms with E-state index in [-0.39, 0.29) is 42.3 Å². The van der Waals surface area contributed by atoms with E-state index in [9.17, 15) is 34.2 Å². The molecular weight excluding hydrogens is 514 g/mol. The summed E-state index contributed by atoms with van der Waals surface area (Å²) in [6.07, 6.45) is 7.57. The molecule has 9 nitrogen and oxygen atoms in total. The Balaban J connectivity index is 1.33. The first-order valence-electron chi connectivity index (χ1n) is 14.9. The summed E-state index contributed by atoms with van der Waals surface area (Å²) in [4.78, 5) is 61.3. The zero-order chi connectivity index (χ0) is 29.5. The molecule has 3 N–H and O–H groups in total. The fourth-order valence-corrected chi connectivity index (χ4v) is 8.55. The minimum absolute atomic E-state index is 0.00393. The molecule has 9 heteroatoms. The number of aliphatic carboxylic acids is 1. The number of fused-ring (bicyclic) bond motifs is 5. The first kappa shape index (κ1) is 30.4. The van der Waals surface area contributed by atoms with E-state index >= 15 is 0 Å². The zero-order valence-electron chi connectivity index (χ0n) is 24.3. The molecule has 0 heterocycles. The molecule has 0 spiro atoms. The predicted octanol–water partition coefficient (Wildman–Crippen LogP) is 3.76. The van der Waals surface area contributed by atoms with Crippen LogP contribution in [0.3, 0.4) is 0 Å². The highest BCUT2D eigenvalue weighted by Crippen LogP contribution is 2.67. The van der Waals surface area contributed by atoms with E-state index in [2.05, 4.69) is 12.2 Å². The molecule has 3 fully saturated rings. The maximum absolute atomic E-state index is 13.4. The highest BCUT2D eigenvalue weighted by molar-refractivity contribution is 5.92. The lowest BCUT2D eigenvalue weighted by molar-refractivity contribution is -0.170. The van der Waals surface area contributed by atoms with E-state index < -0.39 is 47.3 Å². The molecule has 0 aromatic heterocycles. The van der Waals surface area contributed by atoms with Crippen LogP contribution in [0.4, 0.5) is 0 Å². The molecular formula is C31H45NO8. The third-order valence-corrected chi connectivity index (χ3v) is 10.8. The average Bonchev–Trinajstić information content (AvgIpc) is 3.17. The summed E-state index contributed by atoms with van der Waals surface area (Å²) in [6.45, 7) is 7.46. The topological polar surface area (TPSA) is 147 Å². The number of allylic oxidation sites excluding steroid dienone is 1. The molecule has 0 aromatic carbocycles. The Bertz CT molecular complexity index is 1100. The zero-order valence-corrected chi connectivity index (χ0v) is 24.3.